The lowest BCUT2D eigenvalue weighted by atomic mass is 9.87. The second kappa shape index (κ2) is 2.83. The first-order valence-corrected chi connectivity index (χ1v) is 6.98. The monoisotopic (exact) mass is 226 g/mol. The highest BCUT2D eigenvalue weighted by atomic mass is 35.7. The van der Waals surface area contributed by atoms with Gasteiger partial charge in [0, 0.05) is 10.7 Å². The molecule has 0 spiro atoms. The molecular weight excluding hydrogens is 215 g/mol. The number of hydrogen-bond acceptors (Lipinski definition) is 2. The summed E-state index contributed by atoms with van der Waals surface area (Å²) in [6, 6.07) is 0. The fraction of sp³-hybridized carbons (Fsp3) is 1.00. The molecule has 2 aliphatic rings. The van der Waals surface area contributed by atoms with Crippen LogP contribution in [0.2, 0.25) is 0 Å². The van der Waals surface area contributed by atoms with Gasteiger partial charge in [-0.05, 0) is 37.5 Å². The van der Waals surface area contributed by atoms with Crippen molar-refractivity contribution in [3.05, 3.63) is 0 Å². The minimum atomic E-state index is -3.69. The number of halogens is 2. The second-order valence-corrected chi connectivity index (χ2v) is 7.07. The van der Waals surface area contributed by atoms with E-state index >= 15 is 0 Å². The van der Waals surface area contributed by atoms with E-state index in [2.05, 4.69) is 0 Å². The predicted molar refractivity (Wildman–Crippen MR) is 48.9 cm³/mol. The van der Waals surface area contributed by atoms with Gasteiger partial charge in [0.2, 0.25) is 9.05 Å². The third-order valence-electron chi connectivity index (χ3n) is 3.31. The second-order valence-electron chi connectivity index (χ2n) is 4.30. The minimum absolute atomic E-state index is 0.0639. The molecule has 3 atom stereocenters. The van der Waals surface area contributed by atoms with E-state index in [0.717, 1.165) is 19.3 Å². The van der Waals surface area contributed by atoms with Crippen LogP contribution in [-0.4, -0.2) is 19.8 Å². The molecule has 2 saturated carbocycles. The molecule has 0 radical (unpaired) electrons. The molecule has 3 unspecified atom stereocenters. The molecule has 0 aliphatic heterocycles. The van der Waals surface area contributed by atoms with Gasteiger partial charge in [0.25, 0.3) is 0 Å². The van der Waals surface area contributed by atoms with Crippen molar-refractivity contribution in [1.82, 2.24) is 0 Å². The number of alkyl halides is 1. The summed E-state index contributed by atoms with van der Waals surface area (Å²) in [5.74, 6) is -0.164. The average molecular weight is 227 g/mol. The fourth-order valence-corrected chi connectivity index (χ4v) is 4.31. The molecule has 13 heavy (non-hydrogen) atoms. The number of rotatable bonds is 2. The molecule has 0 aromatic carbocycles. The Balaban J connectivity index is 2.14. The molecule has 5 heteroatoms. The number of fused-ring (bicyclic) bond motifs is 2. The SMILES string of the molecule is O=S(=O)(Cl)CC1(F)CC2CCC1C2. The summed E-state index contributed by atoms with van der Waals surface area (Å²) < 4.78 is 35.6. The van der Waals surface area contributed by atoms with Crippen molar-refractivity contribution in [1.29, 1.82) is 0 Å². The smallest absolute Gasteiger partial charge is 0.235 e. The first kappa shape index (κ1) is 9.71. The van der Waals surface area contributed by atoms with Gasteiger partial charge in [-0.3, -0.25) is 0 Å². The Bertz CT molecular complexity index is 316. The highest BCUT2D eigenvalue weighted by Gasteiger charge is 2.53. The lowest BCUT2D eigenvalue weighted by Gasteiger charge is -2.28. The lowest BCUT2D eigenvalue weighted by molar-refractivity contribution is 0.112. The van der Waals surface area contributed by atoms with Gasteiger partial charge in [-0.15, -0.1) is 0 Å². The van der Waals surface area contributed by atoms with Crippen molar-refractivity contribution in [3.8, 4) is 0 Å². The standard InChI is InChI=1S/C8H12ClFO2S/c9-13(11,12)5-8(10)4-6-1-2-7(8)3-6/h6-7H,1-5H2. The molecule has 0 amide bonds. The van der Waals surface area contributed by atoms with Crippen LogP contribution in [0.15, 0.2) is 0 Å². The molecule has 2 rings (SSSR count). The van der Waals surface area contributed by atoms with Crippen molar-refractivity contribution in [3.63, 3.8) is 0 Å². The van der Waals surface area contributed by atoms with Crippen molar-refractivity contribution in [2.45, 2.75) is 31.4 Å². The zero-order valence-electron chi connectivity index (χ0n) is 7.17. The summed E-state index contributed by atoms with van der Waals surface area (Å²) in [4.78, 5) is 0. The van der Waals surface area contributed by atoms with Crippen molar-refractivity contribution in [2.75, 3.05) is 5.75 Å². The van der Waals surface area contributed by atoms with E-state index in [0.29, 0.717) is 12.3 Å². The Labute approximate surface area is 81.9 Å². The fourth-order valence-electron chi connectivity index (χ4n) is 2.84. The minimum Gasteiger partial charge on any atom is -0.242 e. The van der Waals surface area contributed by atoms with Crippen LogP contribution in [-0.2, 0) is 9.05 Å². The van der Waals surface area contributed by atoms with Crippen LogP contribution in [0.1, 0.15) is 25.7 Å². The molecule has 0 aromatic heterocycles. The van der Waals surface area contributed by atoms with E-state index < -0.39 is 20.5 Å². The first-order chi connectivity index (χ1) is 5.89. The van der Waals surface area contributed by atoms with E-state index in [1.165, 1.54) is 0 Å². The quantitative estimate of drug-likeness (QED) is 0.676. The third kappa shape index (κ3) is 1.84. The van der Waals surface area contributed by atoms with E-state index in [-0.39, 0.29) is 5.92 Å². The zero-order chi connectivity index (χ0) is 9.69. The maximum atomic E-state index is 14.0. The van der Waals surface area contributed by atoms with Gasteiger partial charge in [0.1, 0.15) is 5.67 Å². The summed E-state index contributed by atoms with van der Waals surface area (Å²) in [5, 5.41) is 0. The van der Waals surface area contributed by atoms with Crippen LogP contribution < -0.4 is 0 Å². The molecule has 2 bridgehead atoms. The molecule has 0 N–H and O–H groups in total. The maximum absolute atomic E-state index is 14.0. The van der Waals surface area contributed by atoms with Crippen molar-refractivity contribution >= 4 is 19.7 Å². The summed E-state index contributed by atoms with van der Waals surface area (Å²) in [7, 11) is 1.38. The van der Waals surface area contributed by atoms with Crippen LogP contribution in [0, 0.1) is 11.8 Å². The molecular formula is C8H12ClFO2S. The van der Waals surface area contributed by atoms with Gasteiger partial charge in [-0.1, -0.05) is 0 Å². The zero-order valence-corrected chi connectivity index (χ0v) is 8.74. The largest absolute Gasteiger partial charge is 0.242 e. The predicted octanol–water partition coefficient (Wildman–Crippen LogP) is 2.08. The third-order valence-corrected chi connectivity index (χ3v) is 4.47. The first-order valence-electron chi connectivity index (χ1n) is 4.50. The molecule has 0 heterocycles. The molecule has 2 fully saturated rings. The van der Waals surface area contributed by atoms with E-state index in [4.69, 9.17) is 10.7 Å². The molecule has 0 saturated heterocycles. The van der Waals surface area contributed by atoms with Crippen molar-refractivity contribution < 1.29 is 12.8 Å². The molecule has 0 aromatic rings. The van der Waals surface area contributed by atoms with E-state index in [1.54, 1.807) is 0 Å². The molecule has 2 aliphatic carbocycles. The maximum Gasteiger partial charge on any atom is 0.235 e. The highest BCUT2D eigenvalue weighted by Crippen LogP contribution is 2.53. The van der Waals surface area contributed by atoms with Gasteiger partial charge in [-0.25, -0.2) is 12.8 Å². The van der Waals surface area contributed by atoms with Gasteiger partial charge in [0.15, 0.2) is 0 Å². The van der Waals surface area contributed by atoms with Crippen LogP contribution in [0.3, 0.4) is 0 Å². The Kier molecular flexibility index (Phi) is 2.11. The Hall–Kier alpha value is 0.170. The Morgan fingerprint density at radius 1 is 1.46 bits per heavy atom. The van der Waals surface area contributed by atoms with Crippen LogP contribution in [0.4, 0.5) is 4.39 Å². The Morgan fingerprint density at radius 3 is 2.54 bits per heavy atom. The van der Waals surface area contributed by atoms with Crippen LogP contribution >= 0.6 is 10.7 Å². The van der Waals surface area contributed by atoms with Gasteiger partial charge < -0.3 is 0 Å². The average Bonchev–Trinajstić information content (AvgIpc) is 2.39. The normalized spacial score (nSPS) is 44.2. The summed E-state index contributed by atoms with van der Waals surface area (Å²) in [6.45, 7) is 0. The topological polar surface area (TPSA) is 34.1 Å². The highest BCUT2D eigenvalue weighted by molar-refractivity contribution is 8.13. The Morgan fingerprint density at radius 2 is 2.15 bits per heavy atom. The number of hydrogen-bond donors (Lipinski definition) is 0. The van der Waals surface area contributed by atoms with Crippen LogP contribution in [0.25, 0.3) is 0 Å². The van der Waals surface area contributed by atoms with E-state index in [9.17, 15) is 12.8 Å². The van der Waals surface area contributed by atoms with Gasteiger partial charge in [0.05, 0.1) is 5.75 Å². The summed E-state index contributed by atoms with van der Waals surface area (Å²) in [6.07, 6.45) is 3.12. The summed E-state index contributed by atoms with van der Waals surface area (Å²) in [5.41, 5.74) is -1.52. The van der Waals surface area contributed by atoms with Gasteiger partial charge >= 0.3 is 0 Å². The lowest BCUT2D eigenvalue weighted by Crippen LogP contribution is -2.36. The van der Waals surface area contributed by atoms with Crippen molar-refractivity contribution in [2.24, 2.45) is 11.8 Å². The van der Waals surface area contributed by atoms with Gasteiger partial charge in [-0.2, -0.15) is 0 Å². The molecule has 76 valence electrons. The molecule has 2 nitrogen and oxygen atoms in total. The van der Waals surface area contributed by atoms with E-state index in [1.807, 2.05) is 0 Å². The summed E-state index contributed by atoms with van der Waals surface area (Å²) >= 11 is 0. The van der Waals surface area contributed by atoms with Crippen LogP contribution in [0.5, 0.6) is 0 Å².